The van der Waals surface area contributed by atoms with Crippen molar-refractivity contribution >= 4 is 27.3 Å². The molecule has 0 radical (unpaired) electrons. The molecule has 1 aromatic heterocycles. The number of thiophene rings is 1. The summed E-state index contributed by atoms with van der Waals surface area (Å²) < 4.78 is 7.07. The highest BCUT2D eigenvalue weighted by Gasteiger charge is 2.21. The zero-order valence-electron chi connectivity index (χ0n) is 10.2. The summed E-state index contributed by atoms with van der Waals surface area (Å²) in [5, 5.41) is 2.05. The molecule has 0 fully saturated rings. The van der Waals surface area contributed by atoms with E-state index in [9.17, 15) is 0 Å². The van der Waals surface area contributed by atoms with Crippen LogP contribution in [0.1, 0.15) is 24.3 Å². The zero-order valence-corrected chi connectivity index (χ0v) is 12.6. The Morgan fingerprint density at radius 2 is 2.00 bits per heavy atom. The molecule has 0 aliphatic rings. The summed E-state index contributed by atoms with van der Waals surface area (Å²) in [4.78, 5) is 1.17. The smallest absolute Gasteiger partial charge is 0.148 e. The summed E-state index contributed by atoms with van der Waals surface area (Å²) in [5.74, 6) is 0.848. The van der Waals surface area contributed by atoms with Crippen molar-refractivity contribution in [3.05, 3.63) is 51.1 Å². The summed E-state index contributed by atoms with van der Waals surface area (Å²) in [6, 6.07) is 12.0. The number of rotatable bonds is 5. The van der Waals surface area contributed by atoms with Crippen LogP contribution in [-0.2, 0) is 0 Å². The topological polar surface area (TPSA) is 35.2 Å². The molecule has 18 heavy (non-hydrogen) atoms. The molecule has 0 aliphatic heterocycles. The van der Waals surface area contributed by atoms with Crippen LogP contribution < -0.4 is 10.5 Å². The van der Waals surface area contributed by atoms with Gasteiger partial charge in [0.1, 0.15) is 11.9 Å². The van der Waals surface area contributed by atoms with Crippen LogP contribution in [0, 0.1) is 0 Å². The number of ether oxygens (including phenoxy) is 1. The highest BCUT2D eigenvalue weighted by atomic mass is 79.9. The van der Waals surface area contributed by atoms with Crippen LogP contribution >= 0.6 is 27.3 Å². The van der Waals surface area contributed by atoms with Gasteiger partial charge in [0.15, 0.2) is 0 Å². The van der Waals surface area contributed by atoms with Crippen molar-refractivity contribution in [2.45, 2.75) is 25.5 Å². The van der Waals surface area contributed by atoms with Gasteiger partial charge in [-0.2, -0.15) is 0 Å². The quantitative estimate of drug-likeness (QED) is 0.885. The summed E-state index contributed by atoms with van der Waals surface area (Å²) in [5.41, 5.74) is 6.16. The Bertz CT molecular complexity index is 469. The van der Waals surface area contributed by atoms with Crippen LogP contribution in [0.3, 0.4) is 0 Å². The fraction of sp³-hybridized carbons (Fsp3) is 0.286. The van der Waals surface area contributed by atoms with E-state index in [4.69, 9.17) is 10.5 Å². The van der Waals surface area contributed by atoms with Crippen molar-refractivity contribution < 1.29 is 4.74 Å². The van der Waals surface area contributed by atoms with E-state index in [1.165, 1.54) is 4.88 Å². The SMILES string of the molecule is CCC(N)C(Oc1ccc(Br)cc1)c1cccs1. The molecule has 1 heterocycles. The van der Waals surface area contributed by atoms with Gasteiger partial charge >= 0.3 is 0 Å². The number of hydrogen-bond acceptors (Lipinski definition) is 3. The summed E-state index contributed by atoms with van der Waals surface area (Å²) in [7, 11) is 0. The van der Waals surface area contributed by atoms with Crippen LogP contribution in [0.25, 0.3) is 0 Å². The molecule has 2 nitrogen and oxygen atoms in total. The Hall–Kier alpha value is -0.840. The number of benzene rings is 1. The Kier molecular flexibility index (Phi) is 4.80. The Labute approximate surface area is 120 Å². The second-order valence-electron chi connectivity index (χ2n) is 4.08. The van der Waals surface area contributed by atoms with Crippen LogP contribution in [0.5, 0.6) is 5.75 Å². The summed E-state index contributed by atoms with van der Waals surface area (Å²) in [6.45, 7) is 2.08. The minimum absolute atomic E-state index is 0.00676. The van der Waals surface area contributed by atoms with E-state index in [0.29, 0.717) is 0 Å². The highest BCUT2D eigenvalue weighted by molar-refractivity contribution is 9.10. The van der Waals surface area contributed by atoms with E-state index in [2.05, 4.69) is 34.3 Å². The lowest BCUT2D eigenvalue weighted by Crippen LogP contribution is -2.30. The standard InChI is InChI=1S/C14H16BrNOS/c1-2-12(16)14(13-4-3-9-18-13)17-11-7-5-10(15)6-8-11/h3-9,12,14H,2,16H2,1H3. The third-order valence-electron chi connectivity index (χ3n) is 2.76. The van der Waals surface area contributed by atoms with Gasteiger partial charge in [-0.15, -0.1) is 11.3 Å². The molecule has 2 unspecified atom stereocenters. The van der Waals surface area contributed by atoms with Crippen molar-refractivity contribution in [2.24, 2.45) is 5.73 Å². The second kappa shape index (κ2) is 6.36. The van der Waals surface area contributed by atoms with E-state index >= 15 is 0 Å². The van der Waals surface area contributed by atoms with Gasteiger partial charge in [0.05, 0.1) is 0 Å². The first-order valence-electron chi connectivity index (χ1n) is 5.92. The molecule has 2 N–H and O–H groups in total. The molecule has 0 spiro atoms. The van der Waals surface area contributed by atoms with Crippen molar-refractivity contribution in [1.82, 2.24) is 0 Å². The van der Waals surface area contributed by atoms with Gasteiger partial charge in [0.25, 0.3) is 0 Å². The van der Waals surface area contributed by atoms with E-state index in [1.54, 1.807) is 11.3 Å². The molecule has 0 bridgehead atoms. The lowest BCUT2D eigenvalue weighted by Gasteiger charge is -2.23. The molecule has 96 valence electrons. The predicted molar refractivity (Wildman–Crippen MR) is 80.1 cm³/mol. The third-order valence-corrected chi connectivity index (χ3v) is 4.22. The minimum Gasteiger partial charge on any atom is -0.483 e. The molecule has 2 atom stereocenters. The van der Waals surface area contributed by atoms with E-state index < -0.39 is 0 Å². The molecule has 1 aromatic carbocycles. The maximum atomic E-state index is 6.16. The first kappa shape index (κ1) is 13.6. The van der Waals surface area contributed by atoms with E-state index in [-0.39, 0.29) is 12.1 Å². The maximum absolute atomic E-state index is 6.16. The lowest BCUT2D eigenvalue weighted by atomic mass is 10.1. The Morgan fingerprint density at radius 1 is 1.28 bits per heavy atom. The average molecular weight is 326 g/mol. The number of hydrogen-bond donors (Lipinski definition) is 1. The summed E-state index contributed by atoms with van der Waals surface area (Å²) >= 11 is 5.10. The molecule has 0 saturated carbocycles. The molecular formula is C14H16BrNOS. The van der Waals surface area contributed by atoms with Crippen LogP contribution in [-0.4, -0.2) is 6.04 Å². The molecule has 2 rings (SSSR count). The zero-order chi connectivity index (χ0) is 13.0. The molecule has 0 amide bonds. The molecule has 0 saturated heterocycles. The normalized spacial score (nSPS) is 14.2. The molecule has 0 aliphatic carbocycles. The van der Waals surface area contributed by atoms with Crippen LogP contribution in [0.2, 0.25) is 0 Å². The Balaban J connectivity index is 2.17. The van der Waals surface area contributed by atoms with Crippen molar-refractivity contribution in [3.8, 4) is 5.75 Å². The van der Waals surface area contributed by atoms with Crippen molar-refractivity contribution in [2.75, 3.05) is 0 Å². The number of nitrogens with two attached hydrogens (primary N) is 1. The van der Waals surface area contributed by atoms with Crippen molar-refractivity contribution in [1.29, 1.82) is 0 Å². The van der Waals surface area contributed by atoms with Crippen LogP contribution in [0.15, 0.2) is 46.3 Å². The van der Waals surface area contributed by atoms with Gasteiger partial charge in [-0.05, 0) is 42.1 Å². The first-order valence-corrected chi connectivity index (χ1v) is 7.59. The molecular weight excluding hydrogens is 310 g/mol. The van der Waals surface area contributed by atoms with Gasteiger partial charge in [0.2, 0.25) is 0 Å². The van der Waals surface area contributed by atoms with Gasteiger partial charge in [0, 0.05) is 15.4 Å². The average Bonchev–Trinajstić information content (AvgIpc) is 2.91. The van der Waals surface area contributed by atoms with Gasteiger partial charge in [-0.1, -0.05) is 28.9 Å². The predicted octanol–water partition coefficient (Wildman–Crippen LogP) is 4.37. The fourth-order valence-corrected chi connectivity index (χ4v) is 2.78. The largest absolute Gasteiger partial charge is 0.483 e. The van der Waals surface area contributed by atoms with E-state index in [1.807, 2.05) is 30.3 Å². The fourth-order valence-electron chi connectivity index (χ4n) is 1.68. The Morgan fingerprint density at radius 3 is 2.56 bits per heavy atom. The van der Waals surface area contributed by atoms with Crippen molar-refractivity contribution in [3.63, 3.8) is 0 Å². The minimum atomic E-state index is -0.0730. The lowest BCUT2D eigenvalue weighted by molar-refractivity contribution is 0.174. The highest BCUT2D eigenvalue weighted by Crippen LogP contribution is 2.29. The third kappa shape index (κ3) is 3.34. The van der Waals surface area contributed by atoms with Gasteiger partial charge in [-0.25, -0.2) is 0 Å². The molecule has 4 heteroatoms. The number of halogens is 1. The van der Waals surface area contributed by atoms with E-state index in [0.717, 1.165) is 16.6 Å². The van der Waals surface area contributed by atoms with Gasteiger partial charge < -0.3 is 10.5 Å². The van der Waals surface area contributed by atoms with Crippen LogP contribution in [0.4, 0.5) is 0 Å². The summed E-state index contributed by atoms with van der Waals surface area (Å²) in [6.07, 6.45) is 0.815. The first-order chi connectivity index (χ1) is 8.70. The van der Waals surface area contributed by atoms with Gasteiger partial charge in [-0.3, -0.25) is 0 Å². The molecule has 2 aromatic rings. The monoisotopic (exact) mass is 325 g/mol. The second-order valence-corrected chi connectivity index (χ2v) is 5.97. The maximum Gasteiger partial charge on any atom is 0.148 e.